The number of carbonyl (C=O) groups excluding carboxylic acids is 1. The van der Waals surface area contributed by atoms with Crippen LogP contribution in [0.4, 0.5) is 0 Å². The van der Waals surface area contributed by atoms with Crippen LogP contribution in [-0.2, 0) is 17.9 Å². The van der Waals surface area contributed by atoms with Crippen molar-refractivity contribution in [3.63, 3.8) is 0 Å². The van der Waals surface area contributed by atoms with E-state index in [1.165, 1.54) is 15.5 Å². The zero-order valence-electron chi connectivity index (χ0n) is 16.3. The molecular formula is C20H24N4O3. The van der Waals surface area contributed by atoms with Crippen molar-refractivity contribution >= 4 is 16.9 Å². The quantitative estimate of drug-likeness (QED) is 0.708. The van der Waals surface area contributed by atoms with E-state index < -0.39 is 16.7 Å². The summed E-state index contributed by atoms with van der Waals surface area (Å²) in [7, 11) is 0. The predicted molar refractivity (Wildman–Crippen MR) is 104 cm³/mol. The maximum absolute atomic E-state index is 12.9. The molecule has 3 aromatic rings. The van der Waals surface area contributed by atoms with Crippen molar-refractivity contribution in [2.45, 2.75) is 47.7 Å². The molecule has 2 aromatic heterocycles. The lowest BCUT2D eigenvalue weighted by molar-refractivity contribution is -0.126. The van der Waals surface area contributed by atoms with Crippen molar-refractivity contribution in [3.8, 4) is 5.69 Å². The molecule has 0 fully saturated rings. The van der Waals surface area contributed by atoms with Gasteiger partial charge in [-0.2, -0.15) is 0 Å². The highest BCUT2D eigenvalue weighted by Crippen LogP contribution is 2.18. The highest BCUT2D eigenvalue weighted by atomic mass is 16.2. The number of Topliss-reactive ketones (excluding diaryl/α,β-unsaturated/α-hetero) is 1. The first-order chi connectivity index (χ1) is 12.6. The van der Waals surface area contributed by atoms with Crippen LogP contribution in [-0.4, -0.2) is 24.5 Å². The Balaban J connectivity index is 2.32. The van der Waals surface area contributed by atoms with Crippen LogP contribution >= 0.6 is 0 Å². The van der Waals surface area contributed by atoms with Crippen molar-refractivity contribution in [2.24, 2.45) is 5.41 Å². The Labute approximate surface area is 156 Å². The van der Waals surface area contributed by atoms with Gasteiger partial charge in [0, 0.05) is 12.0 Å². The van der Waals surface area contributed by atoms with Crippen LogP contribution in [0.3, 0.4) is 0 Å². The topological polar surface area (TPSA) is 78.9 Å². The number of nitrogens with zero attached hydrogens (tertiary/aromatic N) is 4. The SMILES string of the molecule is CCn1c(=O)c2c(ncn2CC(=O)C(C)(C)C)n(-c2ccc(C)cc2)c1=O. The molecule has 0 saturated carbocycles. The molecule has 0 atom stereocenters. The fourth-order valence-electron chi connectivity index (χ4n) is 2.90. The van der Waals surface area contributed by atoms with E-state index in [9.17, 15) is 14.4 Å². The Morgan fingerprint density at radius 2 is 1.74 bits per heavy atom. The van der Waals surface area contributed by atoms with Crippen molar-refractivity contribution in [1.29, 1.82) is 0 Å². The Kier molecular flexibility index (Phi) is 4.63. The average molecular weight is 368 g/mol. The zero-order valence-corrected chi connectivity index (χ0v) is 16.3. The second kappa shape index (κ2) is 6.64. The van der Waals surface area contributed by atoms with Crippen LogP contribution in [0.25, 0.3) is 16.9 Å². The molecule has 0 aliphatic carbocycles. The normalized spacial score (nSPS) is 11.9. The fraction of sp³-hybridized carbons (Fsp3) is 0.400. The summed E-state index contributed by atoms with van der Waals surface area (Å²) in [5, 5.41) is 0. The number of imidazole rings is 1. The maximum atomic E-state index is 12.9. The lowest BCUT2D eigenvalue weighted by atomic mass is 9.91. The van der Waals surface area contributed by atoms with Crippen molar-refractivity contribution in [3.05, 3.63) is 57.0 Å². The van der Waals surface area contributed by atoms with Gasteiger partial charge >= 0.3 is 5.69 Å². The van der Waals surface area contributed by atoms with Gasteiger partial charge < -0.3 is 4.57 Å². The van der Waals surface area contributed by atoms with Crippen LogP contribution in [0.15, 0.2) is 40.2 Å². The molecule has 7 heteroatoms. The zero-order chi connectivity index (χ0) is 19.9. The second-order valence-electron chi connectivity index (χ2n) is 7.72. The minimum Gasteiger partial charge on any atom is -0.317 e. The summed E-state index contributed by atoms with van der Waals surface area (Å²) >= 11 is 0. The monoisotopic (exact) mass is 368 g/mol. The number of benzene rings is 1. The average Bonchev–Trinajstić information content (AvgIpc) is 3.00. The van der Waals surface area contributed by atoms with Crippen molar-refractivity contribution in [2.75, 3.05) is 0 Å². The van der Waals surface area contributed by atoms with Crippen LogP contribution in [0.2, 0.25) is 0 Å². The number of aromatic nitrogens is 4. The van der Waals surface area contributed by atoms with E-state index in [-0.39, 0.29) is 30.0 Å². The molecule has 3 rings (SSSR count). The number of aryl methyl sites for hydroxylation is 1. The molecule has 27 heavy (non-hydrogen) atoms. The Morgan fingerprint density at radius 1 is 1.11 bits per heavy atom. The highest BCUT2D eigenvalue weighted by Gasteiger charge is 2.24. The molecule has 142 valence electrons. The van der Waals surface area contributed by atoms with E-state index in [1.807, 2.05) is 52.0 Å². The molecule has 0 unspecified atom stereocenters. The highest BCUT2D eigenvalue weighted by molar-refractivity contribution is 5.85. The summed E-state index contributed by atoms with van der Waals surface area (Å²) in [4.78, 5) is 42.6. The number of hydrogen-bond donors (Lipinski definition) is 0. The van der Waals surface area contributed by atoms with Gasteiger partial charge in [-0.1, -0.05) is 38.5 Å². The van der Waals surface area contributed by atoms with Crippen LogP contribution in [0.1, 0.15) is 33.3 Å². The van der Waals surface area contributed by atoms with E-state index in [0.717, 1.165) is 5.56 Å². The Hall–Kier alpha value is -2.96. The third-order valence-electron chi connectivity index (χ3n) is 4.66. The van der Waals surface area contributed by atoms with Crippen molar-refractivity contribution < 1.29 is 4.79 Å². The minimum absolute atomic E-state index is 0.0164. The summed E-state index contributed by atoms with van der Waals surface area (Å²) in [6.07, 6.45) is 1.46. The summed E-state index contributed by atoms with van der Waals surface area (Å²) < 4.78 is 4.14. The maximum Gasteiger partial charge on any atom is 0.337 e. The molecule has 0 spiro atoms. The number of hydrogen-bond acceptors (Lipinski definition) is 4. The number of rotatable bonds is 4. The van der Waals surface area contributed by atoms with E-state index in [4.69, 9.17) is 0 Å². The first-order valence-corrected chi connectivity index (χ1v) is 8.96. The first-order valence-electron chi connectivity index (χ1n) is 8.96. The lowest BCUT2D eigenvalue weighted by Gasteiger charge is -2.17. The second-order valence-corrected chi connectivity index (χ2v) is 7.72. The van der Waals surface area contributed by atoms with Crippen LogP contribution < -0.4 is 11.2 Å². The van der Waals surface area contributed by atoms with Gasteiger partial charge in [-0.25, -0.2) is 14.3 Å². The largest absolute Gasteiger partial charge is 0.337 e. The third-order valence-corrected chi connectivity index (χ3v) is 4.66. The molecule has 0 aliphatic heterocycles. The van der Waals surface area contributed by atoms with Gasteiger partial charge in [-0.15, -0.1) is 0 Å². The molecule has 2 heterocycles. The summed E-state index contributed by atoms with van der Waals surface area (Å²) in [6, 6.07) is 7.43. The third kappa shape index (κ3) is 3.25. The lowest BCUT2D eigenvalue weighted by Crippen LogP contribution is -2.40. The van der Waals surface area contributed by atoms with Gasteiger partial charge in [-0.05, 0) is 26.0 Å². The molecular weight excluding hydrogens is 344 g/mol. The fourth-order valence-corrected chi connectivity index (χ4v) is 2.90. The van der Waals surface area contributed by atoms with E-state index in [0.29, 0.717) is 5.69 Å². The van der Waals surface area contributed by atoms with Gasteiger partial charge in [0.05, 0.1) is 18.6 Å². The summed E-state index contributed by atoms with van der Waals surface area (Å²) in [5.74, 6) is -0.0164. The Bertz CT molecular complexity index is 1130. The molecule has 1 aromatic carbocycles. The number of carbonyl (C=O) groups is 1. The minimum atomic E-state index is -0.536. The molecule has 0 N–H and O–H groups in total. The predicted octanol–water partition coefficient (Wildman–Crippen LogP) is 2.29. The van der Waals surface area contributed by atoms with Gasteiger partial charge in [0.15, 0.2) is 16.9 Å². The van der Waals surface area contributed by atoms with Gasteiger partial charge in [-0.3, -0.25) is 14.2 Å². The van der Waals surface area contributed by atoms with E-state index >= 15 is 0 Å². The van der Waals surface area contributed by atoms with Gasteiger partial charge in [0.25, 0.3) is 5.56 Å². The molecule has 7 nitrogen and oxygen atoms in total. The van der Waals surface area contributed by atoms with Crippen molar-refractivity contribution in [1.82, 2.24) is 18.7 Å². The Morgan fingerprint density at radius 3 is 2.30 bits per heavy atom. The van der Waals surface area contributed by atoms with Crippen LogP contribution in [0, 0.1) is 12.3 Å². The standard InChI is InChI=1S/C20H24N4O3/c1-6-23-18(26)16-17(21-12-22(16)11-15(25)20(3,4)5)24(19(23)27)14-9-7-13(2)8-10-14/h7-10,12H,6,11H2,1-5H3. The molecule has 0 amide bonds. The van der Waals surface area contributed by atoms with Crippen LogP contribution in [0.5, 0.6) is 0 Å². The van der Waals surface area contributed by atoms with E-state index in [2.05, 4.69) is 4.98 Å². The first kappa shape index (κ1) is 18.8. The molecule has 0 radical (unpaired) electrons. The van der Waals surface area contributed by atoms with Gasteiger partial charge in [0.1, 0.15) is 0 Å². The van der Waals surface area contributed by atoms with Gasteiger partial charge in [0.2, 0.25) is 0 Å². The smallest absolute Gasteiger partial charge is 0.317 e. The summed E-state index contributed by atoms with van der Waals surface area (Å²) in [5.41, 5.74) is 0.811. The number of fused-ring (bicyclic) bond motifs is 1. The van der Waals surface area contributed by atoms with E-state index in [1.54, 1.807) is 11.5 Å². The number of ketones is 1. The molecule has 0 aliphatic rings. The molecule has 0 bridgehead atoms. The molecule has 0 saturated heterocycles. The summed E-state index contributed by atoms with van der Waals surface area (Å²) in [6.45, 7) is 9.48.